The van der Waals surface area contributed by atoms with Gasteiger partial charge >= 0.3 is 23.9 Å². The summed E-state index contributed by atoms with van der Waals surface area (Å²) in [5, 5.41) is 1.21. The van der Waals surface area contributed by atoms with Crippen molar-refractivity contribution in [2.75, 3.05) is 6.54 Å². The fourth-order valence-electron chi connectivity index (χ4n) is 1.11. The van der Waals surface area contributed by atoms with E-state index in [-0.39, 0.29) is 23.6 Å². The van der Waals surface area contributed by atoms with Crippen LogP contribution in [0.3, 0.4) is 0 Å². The van der Waals surface area contributed by atoms with Crippen molar-refractivity contribution in [3.05, 3.63) is 0 Å². The minimum Gasteiger partial charge on any atom is -0.333 e. The molecule has 0 aromatic carbocycles. The first kappa shape index (κ1) is 22.6. The molecule has 11 heteroatoms. The number of carbonyl (C=O) groups is 4. The Labute approximate surface area is 137 Å². The van der Waals surface area contributed by atoms with Gasteiger partial charge in [-0.1, -0.05) is 0 Å². The van der Waals surface area contributed by atoms with Gasteiger partial charge in [0.05, 0.1) is 6.54 Å². The predicted octanol–water partition coefficient (Wildman–Crippen LogP) is -0.111. The number of hydroxylamine groups is 4. The van der Waals surface area contributed by atoms with Crippen molar-refractivity contribution in [2.24, 2.45) is 0 Å². The fraction of sp³-hybridized carbons (Fsp3) is 0.636. The standard InChI is InChI=1S/C11H18N2O8.Mn/c1-7(13(20-10(4)16)21-11(5)17)6-12(18-8(2)14)19-9(3)15;/h7H,6H2,1-5H3;. The zero-order chi connectivity index (χ0) is 16.6. The molecule has 0 amide bonds. The molecule has 0 aliphatic rings. The largest absolute Gasteiger partial charge is 0.333 e. The van der Waals surface area contributed by atoms with Gasteiger partial charge in [0, 0.05) is 55.2 Å². The number of hydrogen-bond acceptors (Lipinski definition) is 10. The number of carbonyl (C=O) groups excluding carboxylic acids is 4. The fourth-order valence-corrected chi connectivity index (χ4v) is 1.11. The van der Waals surface area contributed by atoms with Crippen molar-refractivity contribution < 1.29 is 55.6 Å². The molecule has 0 heterocycles. The normalized spacial score (nSPS) is 11.2. The SMILES string of the molecule is CC(=O)ON(CC(C)N(OC(C)=O)OC(C)=O)OC(C)=O.[Mn]. The van der Waals surface area contributed by atoms with Gasteiger partial charge in [-0.25, -0.2) is 0 Å². The summed E-state index contributed by atoms with van der Waals surface area (Å²) < 4.78 is 0. The molecule has 0 saturated heterocycles. The van der Waals surface area contributed by atoms with Gasteiger partial charge < -0.3 is 19.4 Å². The van der Waals surface area contributed by atoms with Crippen molar-refractivity contribution in [3.8, 4) is 0 Å². The Hall–Kier alpha value is -1.68. The van der Waals surface area contributed by atoms with Crippen LogP contribution in [0, 0.1) is 0 Å². The van der Waals surface area contributed by atoms with Crippen molar-refractivity contribution in [1.82, 2.24) is 10.5 Å². The van der Waals surface area contributed by atoms with Gasteiger partial charge in [-0.3, -0.25) is 19.2 Å². The number of nitrogens with zero attached hydrogens (tertiary/aromatic N) is 2. The van der Waals surface area contributed by atoms with Crippen molar-refractivity contribution >= 4 is 23.9 Å². The third-order valence-electron chi connectivity index (χ3n) is 1.67. The second kappa shape index (κ2) is 11.0. The maximum Gasteiger partial charge on any atom is 0.326 e. The van der Waals surface area contributed by atoms with E-state index < -0.39 is 29.9 Å². The van der Waals surface area contributed by atoms with Crippen LogP contribution in [0.4, 0.5) is 0 Å². The Bertz CT molecular complexity index is 385. The molecule has 0 fully saturated rings. The van der Waals surface area contributed by atoms with Crippen LogP contribution in [-0.2, 0) is 55.6 Å². The molecule has 0 bridgehead atoms. The number of rotatable bonds is 7. The van der Waals surface area contributed by atoms with Gasteiger partial charge in [0.2, 0.25) is 0 Å². The Kier molecular flexibility index (Phi) is 11.3. The summed E-state index contributed by atoms with van der Waals surface area (Å²) in [6.07, 6.45) is 0. The molecule has 0 spiro atoms. The van der Waals surface area contributed by atoms with E-state index in [1.54, 1.807) is 0 Å². The molecule has 0 saturated carbocycles. The van der Waals surface area contributed by atoms with Crippen molar-refractivity contribution in [1.29, 1.82) is 0 Å². The van der Waals surface area contributed by atoms with Gasteiger partial charge in [0.25, 0.3) is 0 Å². The minimum atomic E-state index is -0.795. The van der Waals surface area contributed by atoms with Gasteiger partial charge in [0.15, 0.2) is 0 Å². The third kappa shape index (κ3) is 11.0. The molecule has 0 rings (SSSR count). The van der Waals surface area contributed by atoms with Crippen LogP contribution in [0.25, 0.3) is 0 Å². The van der Waals surface area contributed by atoms with E-state index in [9.17, 15) is 19.2 Å². The molecular formula is C11H18MnN2O8. The molecule has 1 unspecified atom stereocenters. The number of hydrogen-bond donors (Lipinski definition) is 0. The van der Waals surface area contributed by atoms with Gasteiger partial charge in [-0.05, 0) is 6.92 Å². The summed E-state index contributed by atoms with van der Waals surface area (Å²) in [4.78, 5) is 62.3. The second-order valence-electron chi connectivity index (χ2n) is 3.98. The molecule has 10 nitrogen and oxygen atoms in total. The Morgan fingerprint density at radius 1 is 0.773 bits per heavy atom. The smallest absolute Gasteiger partial charge is 0.326 e. The Morgan fingerprint density at radius 3 is 1.36 bits per heavy atom. The summed E-state index contributed by atoms with van der Waals surface area (Å²) in [6.45, 7) is 5.68. The van der Waals surface area contributed by atoms with Crippen LogP contribution < -0.4 is 0 Å². The molecular weight excluding hydrogens is 343 g/mol. The first-order valence-electron chi connectivity index (χ1n) is 5.92. The average Bonchev–Trinajstić information content (AvgIpc) is 2.24. The van der Waals surface area contributed by atoms with Crippen LogP contribution in [0.5, 0.6) is 0 Å². The van der Waals surface area contributed by atoms with E-state index in [0.717, 1.165) is 27.7 Å². The zero-order valence-corrected chi connectivity index (χ0v) is 14.0. The quantitative estimate of drug-likeness (QED) is 0.450. The van der Waals surface area contributed by atoms with E-state index in [4.69, 9.17) is 0 Å². The maximum atomic E-state index is 10.9. The molecule has 127 valence electrons. The van der Waals surface area contributed by atoms with E-state index in [1.807, 2.05) is 0 Å². The molecule has 22 heavy (non-hydrogen) atoms. The van der Waals surface area contributed by atoms with Crippen LogP contribution in [-0.4, -0.2) is 46.9 Å². The Morgan fingerprint density at radius 2 is 1.09 bits per heavy atom. The van der Waals surface area contributed by atoms with E-state index in [0.29, 0.717) is 10.5 Å². The molecule has 0 aliphatic carbocycles. The summed E-state index contributed by atoms with van der Waals surface area (Å²) in [6, 6.07) is -0.795. The second-order valence-corrected chi connectivity index (χ2v) is 3.98. The molecule has 1 radical (unpaired) electrons. The van der Waals surface area contributed by atoms with Crippen LogP contribution in [0.1, 0.15) is 34.6 Å². The summed E-state index contributed by atoms with van der Waals surface area (Å²) >= 11 is 0. The van der Waals surface area contributed by atoms with Crippen LogP contribution >= 0.6 is 0 Å². The topological polar surface area (TPSA) is 112 Å². The van der Waals surface area contributed by atoms with Crippen molar-refractivity contribution in [2.45, 2.75) is 40.7 Å². The summed E-state index contributed by atoms with van der Waals surface area (Å²) in [7, 11) is 0. The van der Waals surface area contributed by atoms with E-state index >= 15 is 0 Å². The predicted molar refractivity (Wildman–Crippen MR) is 65.1 cm³/mol. The maximum absolute atomic E-state index is 10.9. The summed E-state index contributed by atoms with van der Waals surface area (Å²) in [5.41, 5.74) is 0. The summed E-state index contributed by atoms with van der Waals surface area (Å²) in [5.74, 6) is -2.91. The van der Waals surface area contributed by atoms with Gasteiger partial charge in [-0.15, -0.1) is 0 Å². The molecule has 0 aromatic heterocycles. The Balaban J connectivity index is 0. The van der Waals surface area contributed by atoms with Crippen LogP contribution in [0.15, 0.2) is 0 Å². The van der Waals surface area contributed by atoms with Gasteiger partial charge in [-0.2, -0.15) is 0 Å². The van der Waals surface area contributed by atoms with Gasteiger partial charge in [0.1, 0.15) is 6.04 Å². The average molecular weight is 361 g/mol. The third-order valence-corrected chi connectivity index (χ3v) is 1.67. The molecule has 0 aliphatic heterocycles. The monoisotopic (exact) mass is 361 g/mol. The minimum absolute atomic E-state index is 0. The molecule has 0 N–H and O–H groups in total. The van der Waals surface area contributed by atoms with Crippen molar-refractivity contribution in [3.63, 3.8) is 0 Å². The first-order chi connectivity index (χ1) is 9.61. The zero-order valence-electron chi connectivity index (χ0n) is 12.8. The first-order valence-corrected chi connectivity index (χ1v) is 5.92. The van der Waals surface area contributed by atoms with E-state index in [1.165, 1.54) is 6.92 Å². The van der Waals surface area contributed by atoms with E-state index in [2.05, 4.69) is 19.4 Å². The molecule has 0 aromatic rings. The molecule has 1 atom stereocenters. The van der Waals surface area contributed by atoms with Crippen LogP contribution in [0.2, 0.25) is 0 Å².